The smallest absolute Gasteiger partial charge is 0.342 e. The van der Waals surface area contributed by atoms with Crippen LogP contribution in [0.1, 0.15) is 36.7 Å². The van der Waals surface area contributed by atoms with Gasteiger partial charge in [-0.1, -0.05) is 20.8 Å². The molecule has 1 heterocycles. The highest BCUT2D eigenvalue weighted by atomic mass is 19.1. The van der Waals surface area contributed by atoms with Gasteiger partial charge in [-0.05, 0) is 17.0 Å². The lowest BCUT2D eigenvalue weighted by Crippen LogP contribution is -2.20. The Balaban J connectivity index is 3.40. The molecule has 3 nitrogen and oxygen atoms in total. The van der Waals surface area contributed by atoms with E-state index in [4.69, 9.17) is 0 Å². The molecule has 0 fully saturated rings. The van der Waals surface area contributed by atoms with Crippen molar-refractivity contribution in [2.45, 2.75) is 26.2 Å². The zero-order valence-corrected chi connectivity index (χ0v) is 9.30. The highest BCUT2D eigenvalue weighted by Gasteiger charge is 2.25. The fourth-order valence-electron chi connectivity index (χ4n) is 1.36. The van der Waals surface area contributed by atoms with Gasteiger partial charge in [0.25, 0.3) is 0 Å². The van der Waals surface area contributed by atoms with E-state index in [2.05, 4.69) is 9.72 Å². The minimum atomic E-state index is -0.783. The summed E-state index contributed by atoms with van der Waals surface area (Å²) in [4.78, 5) is 14.9. The van der Waals surface area contributed by atoms with Crippen molar-refractivity contribution in [2.24, 2.45) is 0 Å². The van der Waals surface area contributed by atoms with E-state index in [1.54, 1.807) is 6.07 Å². The van der Waals surface area contributed by atoms with Crippen molar-refractivity contribution in [3.63, 3.8) is 0 Å². The van der Waals surface area contributed by atoms with E-state index in [9.17, 15) is 9.18 Å². The Labute approximate surface area is 88.3 Å². The summed E-state index contributed by atoms with van der Waals surface area (Å²) in [5.41, 5.74) is 0.196. The number of rotatable bonds is 1. The van der Waals surface area contributed by atoms with Crippen LogP contribution in [-0.2, 0) is 10.2 Å². The van der Waals surface area contributed by atoms with Gasteiger partial charge in [0.2, 0.25) is 5.95 Å². The summed E-state index contributed by atoms with van der Waals surface area (Å²) in [6.45, 7) is 5.69. The third-order valence-corrected chi connectivity index (χ3v) is 2.10. The Morgan fingerprint density at radius 3 is 2.53 bits per heavy atom. The first-order valence-electron chi connectivity index (χ1n) is 4.61. The van der Waals surface area contributed by atoms with Crippen LogP contribution in [0.15, 0.2) is 12.3 Å². The van der Waals surface area contributed by atoms with Gasteiger partial charge >= 0.3 is 5.97 Å². The van der Waals surface area contributed by atoms with E-state index < -0.39 is 11.9 Å². The van der Waals surface area contributed by atoms with Crippen molar-refractivity contribution in [2.75, 3.05) is 7.11 Å². The number of pyridine rings is 1. The molecule has 15 heavy (non-hydrogen) atoms. The van der Waals surface area contributed by atoms with Crippen LogP contribution >= 0.6 is 0 Å². The molecule has 0 bridgehead atoms. The van der Waals surface area contributed by atoms with Crippen LogP contribution in [0.5, 0.6) is 0 Å². The summed E-state index contributed by atoms with van der Waals surface area (Å²) in [7, 11) is 1.22. The van der Waals surface area contributed by atoms with Crippen molar-refractivity contribution in [1.82, 2.24) is 4.98 Å². The third-order valence-electron chi connectivity index (χ3n) is 2.10. The van der Waals surface area contributed by atoms with E-state index in [-0.39, 0.29) is 11.0 Å². The van der Waals surface area contributed by atoms with Crippen molar-refractivity contribution in [3.8, 4) is 0 Å². The van der Waals surface area contributed by atoms with Crippen LogP contribution < -0.4 is 0 Å². The number of hydrogen-bond donors (Lipinski definition) is 0. The molecular weight excluding hydrogens is 197 g/mol. The monoisotopic (exact) mass is 211 g/mol. The van der Waals surface area contributed by atoms with Gasteiger partial charge in [0.05, 0.1) is 7.11 Å². The van der Waals surface area contributed by atoms with Gasteiger partial charge in [0.1, 0.15) is 5.56 Å². The summed E-state index contributed by atoms with van der Waals surface area (Å²) in [5.74, 6) is -1.47. The first-order valence-corrected chi connectivity index (χ1v) is 4.61. The number of methoxy groups -OCH3 is 1. The first kappa shape index (κ1) is 11.6. The minimum Gasteiger partial charge on any atom is -0.465 e. The Morgan fingerprint density at radius 2 is 2.07 bits per heavy atom. The van der Waals surface area contributed by atoms with Gasteiger partial charge in [0.15, 0.2) is 0 Å². The molecule has 0 aliphatic heterocycles. The van der Waals surface area contributed by atoms with Crippen LogP contribution in [-0.4, -0.2) is 18.1 Å². The maximum Gasteiger partial charge on any atom is 0.342 e. The zero-order chi connectivity index (χ0) is 11.6. The van der Waals surface area contributed by atoms with Gasteiger partial charge in [-0.2, -0.15) is 4.39 Å². The second kappa shape index (κ2) is 3.96. The highest BCUT2D eigenvalue weighted by Crippen LogP contribution is 2.26. The molecule has 0 aromatic carbocycles. The molecule has 0 atom stereocenters. The molecular formula is C11H14FNO2. The lowest BCUT2D eigenvalue weighted by molar-refractivity contribution is 0.0591. The molecule has 0 aliphatic carbocycles. The Morgan fingerprint density at radius 1 is 1.47 bits per heavy atom. The van der Waals surface area contributed by atoms with E-state index in [1.807, 2.05) is 20.8 Å². The summed E-state index contributed by atoms with van der Waals surface area (Å²) in [6, 6.07) is 1.63. The molecule has 0 radical (unpaired) electrons. The lowest BCUT2D eigenvalue weighted by atomic mass is 9.84. The van der Waals surface area contributed by atoms with Crippen LogP contribution in [0, 0.1) is 5.95 Å². The molecule has 1 aromatic heterocycles. The summed E-state index contributed by atoms with van der Waals surface area (Å²) in [5, 5.41) is 0. The number of aromatic nitrogens is 1. The van der Waals surface area contributed by atoms with Crippen molar-refractivity contribution in [1.29, 1.82) is 0 Å². The van der Waals surface area contributed by atoms with Crippen LogP contribution in [0.4, 0.5) is 4.39 Å². The average molecular weight is 211 g/mol. The van der Waals surface area contributed by atoms with Crippen LogP contribution in [0.25, 0.3) is 0 Å². The van der Waals surface area contributed by atoms with Crippen molar-refractivity contribution < 1.29 is 13.9 Å². The largest absolute Gasteiger partial charge is 0.465 e. The summed E-state index contributed by atoms with van der Waals surface area (Å²) in [6.07, 6.45) is 1.35. The molecule has 0 amide bonds. The second-order valence-corrected chi connectivity index (χ2v) is 4.27. The molecule has 1 rings (SSSR count). The highest BCUT2D eigenvalue weighted by molar-refractivity contribution is 5.91. The molecule has 4 heteroatoms. The first-order chi connectivity index (χ1) is 6.88. The number of carbonyl (C=O) groups is 1. The third kappa shape index (κ3) is 2.32. The Bertz CT molecular complexity index is 383. The normalized spacial score (nSPS) is 11.3. The van der Waals surface area contributed by atoms with Gasteiger partial charge in [-0.25, -0.2) is 9.78 Å². The van der Waals surface area contributed by atoms with Gasteiger partial charge in [-0.15, -0.1) is 0 Å². The number of esters is 1. The predicted molar refractivity (Wildman–Crippen MR) is 54.2 cm³/mol. The zero-order valence-electron chi connectivity index (χ0n) is 9.30. The van der Waals surface area contributed by atoms with Gasteiger partial charge in [0, 0.05) is 6.20 Å². The Kier molecular flexibility index (Phi) is 3.07. The van der Waals surface area contributed by atoms with Crippen LogP contribution in [0.2, 0.25) is 0 Å². The van der Waals surface area contributed by atoms with Crippen LogP contribution in [0.3, 0.4) is 0 Å². The summed E-state index contributed by atoms with van der Waals surface area (Å²) < 4.78 is 17.9. The van der Waals surface area contributed by atoms with Gasteiger partial charge in [-0.3, -0.25) is 0 Å². The maximum atomic E-state index is 13.4. The van der Waals surface area contributed by atoms with E-state index >= 15 is 0 Å². The molecule has 1 aromatic rings. The molecule has 0 saturated heterocycles. The molecule has 0 N–H and O–H groups in total. The quantitative estimate of drug-likeness (QED) is 0.528. The van der Waals surface area contributed by atoms with E-state index in [1.165, 1.54) is 13.3 Å². The average Bonchev–Trinajstić information content (AvgIpc) is 2.15. The number of halogens is 1. The van der Waals surface area contributed by atoms with E-state index in [0.29, 0.717) is 5.56 Å². The summed E-state index contributed by atoms with van der Waals surface area (Å²) >= 11 is 0. The van der Waals surface area contributed by atoms with Crippen molar-refractivity contribution >= 4 is 5.97 Å². The van der Waals surface area contributed by atoms with Gasteiger partial charge < -0.3 is 4.74 Å². The SMILES string of the molecule is COC(=O)c1c(C(C)(C)C)ccnc1F. The fourth-order valence-corrected chi connectivity index (χ4v) is 1.36. The predicted octanol–water partition coefficient (Wildman–Crippen LogP) is 2.30. The lowest BCUT2D eigenvalue weighted by Gasteiger charge is -2.21. The van der Waals surface area contributed by atoms with Crippen molar-refractivity contribution in [3.05, 3.63) is 29.3 Å². The number of hydrogen-bond acceptors (Lipinski definition) is 3. The number of nitrogens with zero attached hydrogens (tertiary/aromatic N) is 1. The molecule has 0 aliphatic rings. The molecule has 0 spiro atoms. The molecule has 0 saturated carbocycles. The standard InChI is InChI=1S/C11H14FNO2/c1-11(2,3)7-5-6-13-9(12)8(7)10(14)15-4/h5-6H,1-4H3. The fraction of sp³-hybridized carbons (Fsp3) is 0.455. The number of ether oxygens (including phenoxy) is 1. The molecule has 82 valence electrons. The van der Waals surface area contributed by atoms with E-state index in [0.717, 1.165) is 0 Å². The second-order valence-electron chi connectivity index (χ2n) is 4.27. The topological polar surface area (TPSA) is 39.2 Å². The minimum absolute atomic E-state index is 0.0764. The maximum absolute atomic E-state index is 13.4. The molecule has 0 unspecified atom stereocenters. The number of carbonyl (C=O) groups excluding carboxylic acids is 1. The Hall–Kier alpha value is -1.45.